The van der Waals surface area contributed by atoms with Gasteiger partial charge in [-0.15, -0.1) is 11.3 Å². The van der Waals surface area contributed by atoms with Crippen molar-refractivity contribution in [1.29, 1.82) is 0 Å². The molecule has 0 bridgehead atoms. The van der Waals surface area contributed by atoms with E-state index in [0.717, 1.165) is 5.56 Å². The molecule has 0 aliphatic heterocycles. The van der Waals surface area contributed by atoms with Crippen LogP contribution in [0.4, 0.5) is 5.69 Å². The van der Waals surface area contributed by atoms with E-state index in [1.807, 2.05) is 30.3 Å². The molecule has 1 aromatic heterocycles. The zero-order valence-electron chi connectivity index (χ0n) is 16.8. The zero-order valence-corrected chi connectivity index (χ0v) is 18.3. The lowest BCUT2D eigenvalue weighted by Gasteiger charge is -2.18. The third-order valence-electron chi connectivity index (χ3n) is 4.38. The number of thiophene rings is 1. The van der Waals surface area contributed by atoms with Crippen molar-refractivity contribution in [1.82, 2.24) is 5.32 Å². The predicted octanol–water partition coefficient (Wildman–Crippen LogP) is 4.56. The van der Waals surface area contributed by atoms with E-state index in [-0.39, 0.29) is 18.1 Å². The van der Waals surface area contributed by atoms with Crippen LogP contribution >= 0.6 is 22.9 Å². The molecular weight excluding hydrogens is 436 g/mol. The molecule has 3 aromatic rings. The minimum absolute atomic E-state index is 0.208. The number of esters is 1. The third kappa shape index (κ3) is 6.16. The second kappa shape index (κ2) is 10.7. The molecular formula is C23H21ClN2O4S. The highest BCUT2D eigenvalue weighted by atomic mass is 35.5. The quantitative estimate of drug-likeness (QED) is 0.487. The maximum Gasteiger partial charge on any atom is 0.328 e. The van der Waals surface area contributed by atoms with Crippen LogP contribution in [-0.2, 0) is 16.0 Å². The van der Waals surface area contributed by atoms with Gasteiger partial charge in [0, 0.05) is 12.0 Å². The van der Waals surface area contributed by atoms with Gasteiger partial charge in [0.15, 0.2) is 0 Å². The van der Waals surface area contributed by atoms with Gasteiger partial charge < -0.3 is 15.4 Å². The summed E-state index contributed by atoms with van der Waals surface area (Å²) in [6.07, 6.45) is 0.293. The number of rotatable bonds is 8. The van der Waals surface area contributed by atoms with Crippen LogP contribution in [0.25, 0.3) is 0 Å². The van der Waals surface area contributed by atoms with Crippen molar-refractivity contribution in [3.05, 3.63) is 87.1 Å². The van der Waals surface area contributed by atoms with Crippen molar-refractivity contribution in [2.75, 3.05) is 11.9 Å². The van der Waals surface area contributed by atoms with Gasteiger partial charge in [0.2, 0.25) is 0 Å². The Morgan fingerprint density at radius 2 is 1.81 bits per heavy atom. The van der Waals surface area contributed by atoms with E-state index >= 15 is 0 Å². The highest BCUT2D eigenvalue weighted by Crippen LogP contribution is 2.24. The van der Waals surface area contributed by atoms with Crippen LogP contribution in [0.1, 0.15) is 32.5 Å². The number of ether oxygens (including phenoxy) is 1. The predicted molar refractivity (Wildman–Crippen MR) is 122 cm³/mol. The fourth-order valence-corrected chi connectivity index (χ4v) is 3.67. The van der Waals surface area contributed by atoms with Crippen LogP contribution in [-0.4, -0.2) is 30.4 Å². The SMILES string of the molecule is CCOC(=O)C(Cc1ccccc1)NC(=O)c1ccc(Cl)c(NC(=O)c2cccs2)c1. The van der Waals surface area contributed by atoms with Crippen molar-refractivity contribution in [3.63, 3.8) is 0 Å². The summed E-state index contributed by atoms with van der Waals surface area (Å²) in [5, 5.41) is 7.53. The van der Waals surface area contributed by atoms with Crippen LogP contribution in [0, 0.1) is 0 Å². The molecule has 0 saturated carbocycles. The van der Waals surface area contributed by atoms with Gasteiger partial charge >= 0.3 is 5.97 Å². The van der Waals surface area contributed by atoms with Crippen molar-refractivity contribution in [2.45, 2.75) is 19.4 Å². The Bertz CT molecular complexity index is 1050. The maximum atomic E-state index is 12.9. The average molecular weight is 457 g/mol. The molecule has 2 amide bonds. The fraction of sp³-hybridized carbons (Fsp3) is 0.174. The normalized spacial score (nSPS) is 11.4. The highest BCUT2D eigenvalue weighted by Gasteiger charge is 2.23. The third-order valence-corrected chi connectivity index (χ3v) is 5.58. The van der Waals surface area contributed by atoms with E-state index < -0.39 is 17.9 Å². The van der Waals surface area contributed by atoms with Gasteiger partial charge in [0.1, 0.15) is 6.04 Å². The standard InChI is InChI=1S/C23H21ClN2O4S/c1-2-30-23(29)19(13-15-7-4-3-5-8-15)26-21(27)16-10-11-17(24)18(14-16)25-22(28)20-9-6-12-31-20/h3-12,14,19H,2,13H2,1H3,(H,25,28)(H,26,27). The second-order valence-corrected chi connectivity index (χ2v) is 7.95. The molecule has 3 rings (SSSR count). The van der Waals surface area contributed by atoms with E-state index in [1.54, 1.807) is 24.4 Å². The van der Waals surface area contributed by atoms with Gasteiger partial charge in [0.05, 0.1) is 22.2 Å². The summed E-state index contributed by atoms with van der Waals surface area (Å²) in [4.78, 5) is 38.1. The second-order valence-electron chi connectivity index (χ2n) is 6.59. The minimum Gasteiger partial charge on any atom is -0.464 e. The molecule has 0 aliphatic rings. The summed E-state index contributed by atoms with van der Waals surface area (Å²) in [5.74, 6) is -1.31. The fourth-order valence-electron chi connectivity index (χ4n) is 2.88. The van der Waals surface area contributed by atoms with Gasteiger partial charge in [-0.25, -0.2) is 4.79 Å². The van der Waals surface area contributed by atoms with E-state index in [9.17, 15) is 14.4 Å². The Morgan fingerprint density at radius 3 is 2.48 bits per heavy atom. The number of nitrogens with one attached hydrogen (secondary N) is 2. The summed E-state index contributed by atoms with van der Waals surface area (Å²) >= 11 is 7.49. The molecule has 31 heavy (non-hydrogen) atoms. The van der Waals surface area contributed by atoms with Crippen molar-refractivity contribution < 1.29 is 19.1 Å². The zero-order chi connectivity index (χ0) is 22.2. The number of carbonyl (C=O) groups is 3. The first-order valence-corrected chi connectivity index (χ1v) is 10.9. The number of benzene rings is 2. The lowest BCUT2D eigenvalue weighted by molar-refractivity contribution is -0.145. The number of hydrogen-bond acceptors (Lipinski definition) is 5. The van der Waals surface area contributed by atoms with Gasteiger partial charge in [-0.05, 0) is 42.1 Å². The van der Waals surface area contributed by atoms with Crippen LogP contribution in [0.5, 0.6) is 0 Å². The Balaban J connectivity index is 1.76. The summed E-state index contributed by atoms with van der Waals surface area (Å²) in [5.41, 5.74) is 1.46. The molecule has 2 N–H and O–H groups in total. The first kappa shape index (κ1) is 22.5. The van der Waals surface area contributed by atoms with Crippen molar-refractivity contribution >= 4 is 46.4 Å². The summed E-state index contributed by atoms with van der Waals surface area (Å²) in [6, 6.07) is 16.5. The molecule has 0 fully saturated rings. The van der Waals surface area contributed by atoms with E-state index in [2.05, 4.69) is 10.6 Å². The highest BCUT2D eigenvalue weighted by molar-refractivity contribution is 7.12. The topological polar surface area (TPSA) is 84.5 Å². The van der Waals surface area contributed by atoms with Gasteiger partial charge in [-0.2, -0.15) is 0 Å². The number of halogens is 1. The average Bonchev–Trinajstić information content (AvgIpc) is 3.31. The lowest BCUT2D eigenvalue weighted by Crippen LogP contribution is -2.43. The largest absolute Gasteiger partial charge is 0.464 e. The molecule has 8 heteroatoms. The molecule has 0 radical (unpaired) electrons. The van der Waals surface area contributed by atoms with Gasteiger partial charge in [-0.3, -0.25) is 9.59 Å². The number of carbonyl (C=O) groups excluding carboxylic acids is 3. The molecule has 1 atom stereocenters. The van der Waals surface area contributed by atoms with E-state index in [1.165, 1.54) is 29.5 Å². The van der Waals surface area contributed by atoms with Crippen LogP contribution in [0.3, 0.4) is 0 Å². The smallest absolute Gasteiger partial charge is 0.328 e. The molecule has 0 saturated heterocycles. The lowest BCUT2D eigenvalue weighted by atomic mass is 10.1. The number of anilines is 1. The minimum atomic E-state index is -0.852. The molecule has 1 heterocycles. The summed E-state index contributed by atoms with van der Waals surface area (Å²) < 4.78 is 5.12. The van der Waals surface area contributed by atoms with Crippen LogP contribution in [0.2, 0.25) is 5.02 Å². The summed E-state index contributed by atoms with van der Waals surface area (Å²) in [7, 11) is 0. The Kier molecular flexibility index (Phi) is 7.81. The monoisotopic (exact) mass is 456 g/mol. The van der Waals surface area contributed by atoms with E-state index in [4.69, 9.17) is 16.3 Å². The molecule has 1 unspecified atom stereocenters. The molecule has 160 valence electrons. The number of amides is 2. The molecule has 2 aromatic carbocycles. The van der Waals surface area contributed by atoms with E-state index in [0.29, 0.717) is 22.0 Å². The van der Waals surface area contributed by atoms with Crippen molar-refractivity contribution in [2.24, 2.45) is 0 Å². The Morgan fingerprint density at radius 1 is 1.03 bits per heavy atom. The first-order valence-electron chi connectivity index (χ1n) is 9.63. The van der Waals surface area contributed by atoms with Gasteiger partial charge in [-0.1, -0.05) is 48.0 Å². The van der Waals surface area contributed by atoms with Crippen molar-refractivity contribution in [3.8, 4) is 0 Å². The molecule has 0 aliphatic carbocycles. The van der Waals surface area contributed by atoms with Crippen LogP contribution < -0.4 is 10.6 Å². The van der Waals surface area contributed by atoms with Gasteiger partial charge in [0.25, 0.3) is 11.8 Å². The number of hydrogen-bond donors (Lipinski definition) is 2. The summed E-state index contributed by atoms with van der Waals surface area (Å²) in [6.45, 7) is 1.92. The Labute approximate surface area is 189 Å². The molecule has 6 nitrogen and oxygen atoms in total. The van der Waals surface area contributed by atoms with Crippen LogP contribution in [0.15, 0.2) is 66.0 Å². The maximum absolute atomic E-state index is 12.9. The molecule has 0 spiro atoms. The Hall–Kier alpha value is -3.16. The first-order chi connectivity index (χ1) is 15.0.